The van der Waals surface area contributed by atoms with E-state index in [2.05, 4.69) is 57.0 Å². The monoisotopic (exact) mass is 348 g/mol. The summed E-state index contributed by atoms with van der Waals surface area (Å²) >= 11 is 1.63. The standard InChI is InChI=1S/C18H16N6S/c1-2-5-15(6-3-1)13-24-18(20-21-22-24)25-14-16-7-9-17(10-8-16)23-12-4-11-19-23/h1-12H,13-14H2. The molecule has 0 spiro atoms. The van der Waals surface area contributed by atoms with Crippen LogP contribution in [0.3, 0.4) is 0 Å². The van der Waals surface area contributed by atoms with Crippen molar-refractivity contribution < 1.29 is 0 Å². The summed E-state index contributed by atoms with van der Waals surface area (Å²) in [4.78, 5) is 0. The zero-order valence-corrected chi connectivity index (χ0v) is 14.3. The van der Waals surface area contributed by atoms with Crippen molar-refractivity contribution >= 4 is 11.8 Å². The second-order valence-corrected chi connectivity index (χ2v) is 6.45. The maximum atomic E-state index is 4.24. The fraction of sp³-hybridized carbons (Fsp3) is 0.111. The zero-order chi connectivity index (χ0) is 16.9. The minimum absolute atomic E-state index is 0.675. The molecule has 4 rings (SSSR count). The molecule has 25 heavy (non-hydrogen) atoms. The van der Waals surface area contributed by atoms with Gasteiger partial charge in [-0.3, -0.25) is 0 Å². The molecule has 0 radical (unpaired) electrons. The Morgan fingerprint density at radius 1 is 0.880 bits per heavy atom. The molecule has 2 heterocycles. The Kier molecular flexibility index (Phi) is 4.56. The van der Waals surface area contributed by atoms with Crippen molar-refractivity contribution in [3.05, 3.63) is 84.2 Å². The Hall–Kier alpha value is -2.93. The van der Waals surface area contributed by atoms with Crippen LogP contribution in [0.2, 0.25) is 0 Å². The summed E-state index contributed by atoms with van der Waals surface area (Å²) in [6.07, 6.45) is 3.71. The molecule has 0 aliphatic carbocycles. The summed E-state index contributed by atoms with van der Waals surface area (Å²) in [5.74, 6) is 0.814. The molecule has 0 unspecified atom stereocenters. The van der Waals surface area contributed by atoms with E-state index in [9.17, 15) is 0 Å². The lowest BCUT2D eigenvalue weighted by atomic mass is 10.2. The molecule has 0 bridgehead atoms. The van der Waals surface area contributed by atoms with Crippen LogP contribution in [0, 0.1) is 0 Å². The minimum Gasteiger partial charge on any atom is -0.241 e. The number of rotatable bonds is 6. The molecule has 0 fully saturated rings. The van der Waals surface area contributed by atoms with E-state index in [0.29, 0.717) is 6.54 Å². The summed E-state index contributed by atoms with van der Waals surface area (Å²) in [7, 11) is 0. The lowest BCUT2D eigenvalue weighted by molar-refractivity contribution is 0.603. The number of hydrogen-bond donors (Lipinski definition) is 0. The third kappa shape index (κ3) is 3.77. The van der Waals surface area contributed by atoms with E-state index in [1.807, 2.05) is 39.8 Å². The van der Waals surface area contributed by atoms with Crippen molar-refractivity contribution in [2.24, 2.45) is 0 Å². The van der Waals surface area contributed by atoms with E-state index in [0.717, 1.165) is 16.6 Å². The summed E-state index contributed by atoms with van der Waals surface area (Å²) in [5.41, 5.74) is 3.45. The highest BCUT2D eigenvalue weighted by Crippen LogP contribution is 2.21. The van der Waals surface area contributed by atoms with Gasteiger partial charge >= 0.3 is 0 Å². The van der Waals surface area contributed by atoms with Crippen LogP contribution in [-0.2, 0) is 12.3 Å². The van der Waals surface area contributed by atoms with Gasteiger partial charge in [-0.2, -0.15) is 5.10 Å². The van der Waals surface area contributed by atoms with Gasteiger partial charge in [-0.05, 0) is 39.8 Å². The average Bonchev–Trinajstić information content (AvgIpc) is 3.33. The summed E-state index contributed by atoms with van der Waals surface area (Å²) < 4.78 is 3.68. The van der Waals surface area contributed by atoms with Crippen molar-refractivity contribution in [1.82, 2.24) is 30.0 Å². The van der Waals surface area contributed by atoms with Crippen LogP contribution in [0.25, 0.3) is 5.69 Å². The molecule has 0 amide bonds. The highest BCUT2D eigenvalue weighted by atomic mass is 32.2. The molecular formula is C18H16N6S. The molecule has 0 N–H and O–H groups in total. The quantitative estimate of drug-likeness (QED) is 0.501. The van der Waals surface area contributed by atoms with Crippen LogP contribution in [0.15, 0.2) is 78.2 Å². The summed E-state index contributed by atoms with van der Waals surface area (Å²) in [6.45, 7) is 0.675. The largest absolute Gasteiger partial charge is 0.241 e. The van der Waals surface area contributed by atoms with Crippen molar-refractivity contribution in [1.29, 1.82) is 0 Å². The SMILES string of the molecule is c1ccc(Cn2nnnc2SCc2ccc(-n3cccn3)cc2)cc1. The van der Waals surface area contributed by atoms with Crippen LogP contribution < -0.4 is 0 Å². The van der Waals surface area contributed by atoms with E-state index >= 15 is 0 Å². The van der Waals surface area contributed by atoms with E-state index in [1.165, 1.54) is 11.1 Å². The molecule has 0 atom stereocenters. The van der Waals surface area contributed by atoms with Crippen molar-refractivity contribution in [2.45, 2.75) is 17.5 Å². The number of benzene rings is 2. The molecule has 7 heteroatoms. The van der Waals surface area contributed by atoms with E-state index in [4.69, 9.17) is 0 Å². The smallest absolute Gasteiger partial charge is 0.209 e. The summed E-state index contributed by atoms with van der Waals surface area (Å²) in [6, 6.07) is 20.5. The summed E-state index contributed by atoms with van der Waals surface area (Å²) in [5, 5.41) is 17.1. The van der Waals surface area contributed by atoms with Gasteiger partial charge in [0.05, 0.1) is 12.2 Å². The Bertz CT molecular complexity index is 916. The Labute approximate surface area is 149 Å². The van der Waals surface area contributed by atoms with Crippen molar-refractivity contribution in [2.75, 3.05) is 0 Å². The molecule has 0 aliphatic heterocycles. The third-order valence-corrected chi connectivity index (χ3v) is 4.78. The Balaban J connectivity index is 1.41. The molecule has 2 aromatic carbocycles. The fourth-order valence-electron chi connectivity index (χ4n) is 2.47. The molecule has 0 saturated carbocycles. The number of aromatic nitrogens is 6. The third-order valence-electron chi connectivity index (χ3n) is 3.75. The minimum atomic E-state index is 0.675. The predicted molar refractivity (Wildman–Crippen MR) is 96.5 cm³/mol. The second kappa shape index (κ2) is 7.31. The normalized spacial score (nSPS) is 10.9. The number of nitrogens with zero attached hydrogens (tertiary/aromatic N) is 6. The van der Waals surface area contributed by atoms with E-state index in [1.54, 1.807) is 18.0 Å². The molecule has 4 aromatic rings. The molecule has 0 aliphatic rings. The van der Waals surface area contributed by atoms with E-state index < -0.39 is 0 Å². The molecule has 124 valence electrons. The van der Waals surface area contributed by atoms with Crippen LogP contribution in [0.5, 0.6) is 0 Å². The number of tetrazole rings is 1. The van der Waals surface area contributed by atoms with Gasteiger partial charge in [0.15, 0.2) is 0 Å². The van der Waals surface area contributed by atoms with Gasteiger partial charge in [0.2, 0.25) is 5.16 Å². The average molecular weight is 348 g/mol. The first-order valence-electron chi connectivity index (χ1n) is 7.90. The van der Waals surface area contributed by atoms with Gasteiger partial charge in [-0.15, -0.1) is 5.10 Å². The topological polar surface area (TPSA) is 61.4 Å². The first-order valence-corrected chi connectivity index (χ1v) is 8.89. The van der Waals surface area contributed by atoms with Gasteiger partial charge in [0, 0.05) is 18.1 Å². The maximum Gasteiger partial charge on any atom is 0.209 e. The first-order chi connectivity index (χ1) is 12.4. The van der Waals surface area contributed by atoms with Gasteiger partial charge in [0.1, 0.15) is 0 Å². The first kappa shape index (κ1) is 15.6. The van der Waals surface area contributed by atoms with Gasteiger partial charge in [0.25, 0.3) is 0 Å². The Morgan fingerprint density at radius 3 is 2.48 bits per heavy atom. The maximum absolute atomic E-state index is 4.24. The molecule has 2 aromatic heterocycles. The second-order valence-electron chi connectivity index (χ2n) is 5.51. The van der Waals surface area contributed by atoms with Crippen LogP contribution in [0.4, 0.5) is 0 Å². The van der Waals surface area contributed by atoms with Crippen LogP contribution >= 0.6 is 11.8 Å². The Morgan fingerprint density at radius 2 is 1.72 bits per heavy atom. The van der Waals surface area contributed by atoms with E-state index in [-0.39, 0.29) is 0 Å². The predicted octanol–water partition coefficient (Wildman–Crippen LogP) is 3.20. The van der Waals surface area contributed by atoms with Crippen LogP contribution in [0.1, 0.15) is 11.1 Å². The highest BCUT2D eigenvalue weighted by molar-refractivity contribution is 7.98. The molecule has 0 saturated heterocycles. The lowest BCUT2D eigenvalue weighted by Crippen LogP contribution is -2.03. The molecular weight excluding hydrogens is 332 g/mol. The van der Waals surface area contributed by atoms with Crippen molar-refractivity contribution in [3.63, 3.8) is 0 Å². The van der Waals surface area contributed by atoms with Crippen molar-refractivity contribution in [3.8, 4) is 5.69 Å². The number of hydrogen-bond acceptors (Lipinski definition) is 5. The number of thioether (sulfide) groups is 1. The molecule has 6 nitrogen and oxygen atoms in total. The van der Waals surface area contributed by atoms with Crippen LogP contribution in [-0.4, -0.2) is 30.0 Å². The van der Waals surface area contributed by atoms with Gasteiger partial charge in [-0.25, -0.2) is 9.36 Å². The zero-order valence-electron chi connectivity index (χ0n) is 13.4. The highest BCUT2D eigenvalue weighted by Gasteiger charge is 2.08. The van der Waals surface area contributed by atoms with Gasteiger partial charge < -0.3 is 0 Å². The van der Waals surface area contributed by atoms with Gasteiger partial charge in [-0.1, -0.05) is 54.2 Å². The lowest BCUT2D eigenvalue weighted by Gasteiger charge is -2.06. The fourth-order valence-corrected chi connectivity index (χ4v) is 3.30.